The van der Waals surface area contributed by atoms with Crippen molar-refractivity contribution in [3.05, 3.63) is 35.4 Å². The van der Waals surface area contributed by atoms with Crippen LogP contribution in [0.1, 0.15) is 23.6 Å². The lowest BCUT2D eigenvalue weighted by atomic mass is 10.0. The second-order valence-corrected chi connectivity index (χ2v) is 6.69. The maximum absolute atomic E-state index is 11.3. The molecule has 1 unspecified atom stereocenters. The summed E-state index contributed by atoms with van der Waals surface area (Å²) in [5, 5.41) is 0. The zero-order chi connectivity index (χ0) is 13.0. The lowest BCUT2D eigenvalue weighted by Gasteiger charge is -2.27. The van der Waals surface area contributed by atoms with Crippen molar-refractivity contribution >= 4 is 10.8 Å². The zero-order valence-electron chi connectivity index (χ0n) is 11.0. The third-order valence-corrected chi connectivity index (χ3v) is 4.81. The van der Waals surface area contributed by atoms with E-state index in [0.29, 0.717) is 0 Å². The Morgan fingerprint density at radius 2 is 1.89 bits per heavy atom. The molecule has 0 aliphatic carbocycles. The SMILES string of the molecule is Cc1ccc(C(N)CCN2CCS(=O)CC2)cc1. The number of nitrogens with two attached hydrogens (primary N) is 1. The van der Waals surface area contributed by atoms with Crippen LogP contribution >= 0.6 is 0 Å². The Labute approximate surface area is 112 Å². The fourth-order valence-electron chi connectivity index (χ4n) is 2.20. The highest BCUT2D eigenvalue weighted by molar-refractivity contribution is 7.85. The fraction of sp³-hybridized carbons (Fsp3) is 0.571. The van der Waals surface area contributed by atoms with Gasteiger partial charge in [0.25, 0.3) is 0 Å². The van der Waals surface area contributed by atoms with Gasteiger partial charge in [-0.25, -0.2) is 0 Å². The van der Waals surface area contributed by atoms with Gasteiger partial charge in [0, 0.05) is 48.0 Å². The van der Waals surface area contributed by atoms with Crippen LogP contribution < -0.4 is 5.73 Å². The predicted molar refractivity (Wildman–Crippen MR) is 77.0 cm³/mol. The molecule has 0 amide bonds. The quantitative estimate of drug-likeness (QED) is 0.897. The topological polar surface area (TPSA) is 46.3 Å². The van der Waals surface area contributed by atoms with Gasteiger partial charge >= 0.3 is 0 Å². The summed E-state index contributed by atoms with van der Waals surface area (Å²) in [6.07, 6.45) is 0.968. The Balaban J connectivity index is 1.79. The Morgan fingerprint density at radius 3 is 2.50 bits per heavy atom. The molecule has 1 aliphatic heterocycles. The normalized spacial score (nSPS) is 19.9. The number of hydrogen-bond donors (Lipinski definition) is 1. The van der Waals surface area contributed by atoms with E-state index in [1.807, 2.05) is 0 Å². The minimum Gasteiger partial charge on any atom is -0.324 e. The van der Waals surface area contributed by atoms with E-state index in [2.05, 4.69) is 36.1 Å². The molecule has 1 atom stereocenters. The highest BCUT2D eigenvalue weighted by Gasteiger charge is 2.16. The van der Waals surface area contributed by atoms with Crippen molar-refractivity contribution in [2.75, 3.05) is 31.1 Å². The monoisotopic (exact) mass is 266 g/mol. The summed E-state index contributed by atoms with van der Waals surface area (Å²) in [5.41, 5.74) is 8.68. The zero-order valence-corrected chi connectivity index (χ0v) is 11.8. The van der Waals surface area contributed by atoms with E-state index in [9.17, 15) is 4.21 Å². The van der Waals surface area contributed by atoms with Gasteiger partial charge in [-0.15, -0.1) is 0 Å². The number of benzene rings is 1. The molecule has 2 N–H and O–H groups in total. The molecule has 0 spiro atoms. The van der Waals surface area contributed by atoms with Gasteiger partial charge < -0.3 is 10.6 Å². The van der Waals surface area contributed by atoms with Gasteiger partial charge in [0.05, 0.1) is 0 Å². The standard InChI is InChI=1S/C14H22N2OS/c1-12-2-4-13(5-3-12)14(15)6-7-16-8-10-18(17)11-9-16/h2-5,14H,6-11,15H2,1H3. The largest absolute Gasteiger partial charge is 0.324 e. The van der Waals surface area contributed by atoms with Crippen LogP contribution in [0.2, 0.25) is 0 Å². The van der Waals surface area contributed by atoms with E-state index >= 15 is 0 Å². The minimum atomic E-state index is -0.587. The first-order valence-corrected chi connectivity index (χ1v) is 8.03. The molecule has 1 aromatic rings. The Kier molecular flexibility index (Phi) is 4.92. The van der Waals surface area contributed by atoms with Crippen molar-refractivity contribution < 1.29 is 4.21 Å². The van der Waals surface area contributed by atoms with Crippen LogP contribution in [0, 0.1) is 6.92 Å². The van der Waals surface area contributed by atoms with Crippen molar-refractivity contribution in [2.24, 2.45) is 5.73 Å². The lowest BCUT2D eigenvalue weighted by Crippen LogP contribution is -2.39. The van der Waals surface area contributed by atoms with Gasteiger partial charge in [0.1, 0.15) is 0 Å². The summed E-state index contributed by atoms with van der Waals surface area (Å²) in [7, 11) is -0.587. The highest BCUT2D eigenvalue weighted by atomic mass is 32.2. The second kappa shape index (κ2) is 6.45. The van der Waals surface area contributed by atoms with Crippen molar-refractivity contribution in [3.8, 4) is 0 Å². The third-order valence-electron chi connectivity index (χ3n) is 3.53. The van der Waals surface area contributed by atoms with Crippen LogP contribution in [0.5, 0.6) is 0 Å². The highest BCUT2D eigenvalue weighted by Crippen LogP contribution is 2.15. The number of rotatable bonds is 4. The van der Waals surface area contributed by atoms with Gasteiger partial charge in [0.15, 0.2) is 0 Å². The summed E-state index contributed by atoms with van der Waals surface area (Å²) in [6, 6.07) is 8.56. The van der Waals surface area contributed by atoms with Crippen molar-refractivity contribution in [1.29, 1.82) is 0 Å². The van der Waals surface area contributed by atoms with E-state index in [1.165, 1.54) is 11.1 Å². The van der Waals surface area contributed by atoms with E-state index in [-0.39, 0.29) is 6.04 Å². The summed E-state index contributed by atoms with van der Waals surface area (Å²) in [6.45, 7) is 5.00. The fourth-order valence-corrected chi connectivity index (χ4v) is 3.33. The predicted octanol–water partition coefficient (Wildman–Crippen LogP) is 1.45. The second-order valence-electron chi connectivity index (χ2n) is 5.00. The average molecular weight is 266 g/mol. The Bertz CT molecular complexity index is 395. The Morgan fingerprint density at radius 1 is 1.28 bits per heavy atom. The van der Waals surface area contributed by atoms with E-state index in [0.717, 1.165) is 37.6 Å². The number of hydrogen-bond acceptors (Lipinski definition) is 3. The molecule has 0 radical (unpaired) electrons. The van der Waals surface area contributed by atoms with E-state index < -0.39 is 10.8 Å². The summed E-state index contributed by atoms with van der Waals surface area (Å²) >= 11 is 0. The third kappa shape index (κ3) is 3.90. The van der Waals surface area contributed by atoms with Crippen molar-refractivity contribution in [2.45, 2.75) is 19.4 Å². The smallest absolute Gasteiger partial charge is 0.0363 e. The average Bonchev–Trinajstić information content (AvgIpc) is 2.38. The molecule has 18 heavy (non-hydrogen) atoms. The molecule has 2 rings (SSSR count). The molecule has 0 saturated carbocycles. The molecule has 100 valence electrons. The van der Waals surface area contributed by atoms with E-state index in [1.54, 1.807) is 0 Å². The van der Waals surface area contributed by atoms with Crippen molar-refractivity contribution in [1.82, 2.24) is 4.90 Å². The molecular formula is C14H22N2OS. The molecule has 3 nitrogen and oxygen atoms in total. The first kappa shape index (κ1) is 13.7. The minimum absolute atomic E-state index is 0.109. The van der Waals surface area contributed by atoms with Crippen LogP contribution in [0.3, 0.4) is 0 Å². The number of nitrogens with zero attached hydrogens (tertiary/aromatic N) is 1. The Hall–Kier alpha value is -0.710. The number of aryl methyl sites for hydroxylation is 1. The first-order chi connectivity index (χ1) is 8.65. The molecule has 0 bridgehead atoms. The molecule has 1 aliphatic rings. The van der Waals surface area contributed by atoms with Gasteiger partial charge in [0.2, 0.25) is 0 Å². The van der Waals surface area contributed by atoms with Gasteiger partial charge in [-0.05, 0) is 18.9 Å². The van der Waals surface area contributed by atoms with Crippen LogP contribution in [-0.4, -0.2) is 40.2 Å². The molecule has 1 saturated heterocycles. The molecule has 0 aromatic heterocycles. The maximum atomic E-state index is 11.3. The summed E-state index contributed by atoms with van der Waals surface area (Å²) in [5.74, 6) is 1.64. The van der Waals surface area contributed by atoms with Gasteiger partial charge in [-0.2, -0.15) is 0 Å². The van der Waals surface area contributed by atoms with Crippen LogP contribution in [-0.2, 0) is 10.8 Å². The maximum Gasteiger partial charge on any atom is 0.0363 e. The summed E-state index contributed by atoms with van der Waals surface area (Å²) in [4.78, 5) is 2.37. The first-order valence-electron chi connectivity index (χ1n) is 6.54. The molecule has 1 aromatic carbocycles. The molecule has 1 fully saturated rings. The van der Waals surface area contributed by atoms with Crippen LogP contribution in [0.4, 0.5) is 0 Å². The summed E-state index contributed by atoms with van der Waals surface area (Å²) < 4.78 is 11.3. The van der Waals surface area contributed by atoms with Crippen molar-refractivity contribution in [3.63, 3.8) is 0 Å². The van der Waals surface area contributed by atoms with Crippen LogP contribution in [0.15, 0.2) is 24.3 Å². The van der Waals surface area contributed by atoms with E-state index in [4.69, 9.17) is 5.73 Å². The van der Waals surface area contributed by atoms with Gasteiger partial charge in [-0.3, -0.25) is 4.21 Å². The van der Waals surface area contributed by atoms with Crippen LogP contribution in [0.25, 0.3) is 0 Å². The molecular weight excluding hydrogens is 244 g/mol. The molecule has 1 heterocycles. The molecule has 4 heteroatoms. The van der Waals surface area contributed by atoms with Gasteiger partial charge in [-0.1, -0.05) is 29.8 Å². The lowest BCUT2D eigenvalue weighted by molar-refractivity contribution is 0.287.